The predicted octanol–water partition coefficient (Wildman–Crippen LogP) is 2.79. The van der Waals surface area contributed by atoms with Crippen LogP contribution in [0.4, 0.5) is 0 Å². The van der Waals surface area contributed by atoms with Gasteiger partial charge in [0.05, 0.1) is 0 Å². The van der Waals surface area contributed by atoms with Gasteiger partial charge in [-0.25, -0.2) is 0 Å². The number of hydrogen-bond donors (Lipinski definition) is 1. The van der Waals surface area contributed by atoms with Crippen LogP contribution in [-0.2, 0) is 0 Å². The average Bonchev–Trinajstić information content (AvgIpc) is 2.53. The van der Waals surface area contributed by atoms with E-state index in [1.165, 1.54) is 44.3 Å². The molecule has 1 aliphatic rings. The number of hydrogen-bond acceptors (Lipinski definition) is 2. The van der Waals surface area contributed by atoms with Crippen LogP contribution in [0.2, 0.25) is 0 Å². The van der Waals surface area contributed by atoms with Crippen molar-refractivity contribution in [3.63, 3.8) is 0 Å². The highest BCUT2D eigenvalue weighted by Gasteiger charge is 2.15. The smallest absolute Gasteiger partial charge is 0.0130 e. The molecule has 0 heterocycles. The van der Waals surface area contributed by atoms with Gasteiger partial charge in [-0.05, 0) is 19.3 Å². The minimum atomic E-state index is 0.445. The van der Waals surface area contributed by atoms with E-state index in [9.17, 15) is 0 Å². The highest BCUT2D eigenvalue weighted by molar-refractivity contribution is 7.99. The first kappa shape index (κ1) is 10.4. The summed E-state index contributed by atoms with van der Waals surface area (Å²) in [6.07, 6.45) is 8.18. The Labute approximate surface area is 80.5 Å². The molecule has 2 heteroatoms. The fourth-order valence-electron chi connectivity index (χ4n) is 1.77. The number of rotatable bonds is 5. The molecule has 0 aromatic heterocycles. The van der Waals surface area contributed by atoms with E-state index in [2.05, 4.69) is 18.7 Å². The minimum absolute atomic E-state index is 0.445. The average molecular weight is 187 g/mol. The topological polar surface area (TPSA) is 26.0 Å². The Bertz CT molecular complexity index is 110. The van der Waals surface area contributed by atoms with Crippen molar-refractivity contribution in [1.29, 1.82) is 0 Å². The first-order chi connectivity index (χ1) is 5.83. The van der Waals surface area contributed by atoms with Crippen LogP contribution in [0.25, 0.3) is 0 Å². The van der Waals surface area contributed by atoms with Crippen molar-refractivity contribution >= 4 is 11.8 Å². The van der Waals surface area contributed by atoms with Crippen molar-refractivity contribution < 1.29 is 0 Å². The Hall–Kier alpha value is 0.310. The van der Waals surface area contributed by atoms with Crippen LogP contribution in [0.3, 0.4) is 0 Å². The summed E-state index contributed by atoms with van der Waals surface area (Å²) in [4.78, 5) is 0. The molecule has 72 valence electrons. The van der Waals surface area contributed by atoms with Gasteiger partial charge in [-0.2, -0.15) is 11.8 Å². The maximum absolute atomic E-state index is 5.94. The molecule has 1 nitrogen and oxygen atoms in total. The summed E-state index contributed by atoms with van der Waals surface area (Å²) in [7, 11) is 0. The van der Waals surface area contributed by atoms with Crippen LogP contribution in [0.15, 0.2) is 0 Å². The number of thioether (sulfide) groups is 1. The van der Waals surface area contributed by atoms with Gasteiger partial charge in [0.15, 0.2) is 0 Å². The van der Waals surface area contributed by atoms with Gasteiger partial charge in [0.25, 0.3) is 0 Å². The molecule has 2 N–H and O–H groups in total. The SMILES string of the molecule is CCC[C@@H](N)CSC1CCCC1. The van der Waals surface area contributed by atoms with Gasteiger partial charge in [0.2, 0.25) is 0 Å². The molecule has 1 saturated carbocycles. The predicted molar refractivity (Wildman–Crippen MR) is 57.6 cm³/mol. The molecule has 1 rings (SSSR count). The second-order valence-corrected chi connectivity index (χ2v) is 5.12. The van der Waals surface area contributed by atoms with E-state index in [1.807, 2.05) is 0 Å². The molecule has 0 amide bonds. The van der Waals surface area contributed by atoms with Gasteiger partial charge in [-0.3, -0.25) is 0 Å². The third-order valence-corrected chi connectivity index (χ3v) is 4.07. The second-order valence-electron chi connectivity index (χ2n) is 3.79. The van der Waals surface area contributed by atoms with Gasteiger partial charge >= 0.3 is 0 Å². The fourth-order valence-corrected chi connectivity index (χ4v) is 3.12. The second kappa shape index (κ2) is 5.87. The van der Waals surface area contributed by atoms with E-state index in [-0.39, 0.29) is 0 Å². The monoisotopic (exact) mass is 187 g/mol. The van der Waals surface area contributed by atoms with Gasteiger partial charge in [0, 0.05) is 17.0 Å². The Morgan fingerprint density at radius 2 is 2.08 bits per heavy atom. The summed E-state index contributed by atoms with van der Waals surface area (Å²) in [5.74, 6) is 1.18. The third-order valence-electron chi connectivity index (χ3n) is 2.51. The summed E-state index contributed by atoms with van der Waals surface area (Å²) in [5, 5.41) is 0.938. The molecule has 0 aliphatic heterocycles. The normalized spacial score (nSPS) is 21.5. The first-order valence-corrected chi connectivity index (χ1v) is 6.25. The lowest BCUT2D eigenvalue weighted by Crippen LogP contribution is -2.23. The summed E-state index contributed by atoms with van der Waals surface area (Å²) >= 11 is 2.11. The van der Waals surface area contributed by atoms with E-state index < -0.39 is 0 Å². The van der Waals surface area contributed by atoms with Crippen LogP contribution in [0.1, 0.15) is 45.4 Å². The third kappa shape index (κ3) is 3.81. The Morgan fingerprint density at radius 3 is 2.67 bits per heavy atom. The quantitative estimate of drug-likeness (QED) is 0.716. The maximum Gasteiger partial charge on any atom is 0.0130 e. The van der Waals surface area contributed by atoms with Crippen molar-refractivity contribution in [2.24, 2.45) is 5.73 Å². The molecule has 0 aromatic carbocycles. The highest BCUT2D eigenvalue weighted by atomic mass is 32.2. The van der Waals surface area contributed by atoms with Gasteiger partial charge in [0.1, 0.15) is 0 Å². The summed E-state index contributed by atoms with van der Waals surface area (Å²) in [6, 6.07) is 0.445. The van der Waals surface area contributed by atoms with Crippen LogP contribution in [-0.4, -0.2) is 17.0 Å². The maximum atomic E-state index is 5.94. The van der Waals surface area contributed by atoms with E-state index >= 15 is 0 Å². The molecule has 0 unspecified atom stereocenters. The molecule has 0 bridgehead atoms. The lowest BCUT2D eigenvalue weighted by atomic mass is 10.2. The van der Waals surface area contributed by atoms with Crippen molar-refractivity contribution in [2.45, 2.75) is 56.7 Å². The zero-order valence-corrected chi connectivity index (χ0v) is 8.91. The van der Waals surface area contributed by atoms with E-state index in [1.54, 1.807) is 0 Å². The molecule has 12 heavy (non-hydrogen) atoms. The molecule has 0 aromatic rings. The highest BCUT2D eigenvalue weighted by Crippen LogP contribution is 2.29. The molecular formula is C10H21NS. The summed E-state index contributed by atoms with van der Waals surface area (Å²) in [6.45, 7) is 2.21. The van der Waals surface area contributed by atoms with Crippen molar-refractivity contribution in [3.8, 4) is 0 Å². The summed E-state index contributed by atoms with van der Waals surface area (Å²) < 4.78 is 0. The Morgan fingerprint density at radius 1 is 1.42 bits per heavy atom. The molecule has 0 saturated heterocycles. The van der Waals surface area contributed by atoms with Crippen LogP contribution in [0, 0.1) is 0 Å². The lowest BCUT2D eigenvalue weighted by molar-refractivity contribution is 0.659. The van der Waals surface area contributed by atoms with Crippen molar-refractivity contribution in [2.75, 3.05) is 5.75 Å². The largest absolute Gasteiger partial charge is 0.327 e. The lowest BCUT2D eigenvalue weighted by Gasteiger charge is -2.13. The Kier molecular flexibility index (Phi) is 5.08. The minimum Gasteiger partial charge on any atom is -0.327 e. The van der Waals surface area contributed by atoms with E-state index in [4.69, 9.17) is 5.73 Å². The molecule has 0 radical (unpaired) electrons. The molecule has 1 fully saturated rings. The molecule has 1 atom stereocenters. The summed E-state index contributed by atoms with van der Waals surface area (Å²) in [5.41, 5.74) is 5.94. The van der Waals surface area contributed by atoms with Crippen molar-refractivity contribution in [1.82, 2.24) is 0 Å². The van der Waals surface area contributed by atoms with Crippen LogP contribution < -0.4 is 5.73 Å². The number of nitrogens with two attached hydrogens (primary N) is 1. The Balaban J connectivity index is 1.99. The molecule has 0 spiro atoms. The van der Waals surface area contributed by atoms with Crippen molar-refractivity contribution in [3.05, 3.63) is 0 Å². The fraction of sp³-hybridized carbons (Fsp3) is 1.00. The van der Waals surface area contributed by atoms with E-state index in [0.29, 0.717) is 6.04 Å². The van der Waals surface area contributed by atoms with Gasteiger partial charge in [-0.15, -0.1) is 0 Å². The molecule has 1 aliphatic carbocycles. The standard InChI is InChI=1S/C10H21NS/c1-2-5-9(11)8-12-10-6-3-4-7-10/h9-10H,2-8,11H2,1H3/t9-/m1/s1. The zero-order valence-electron chi connectivity index (χ0n) is 8.09. The van der Waals surface area contributed by atoms with E-state index in [0.717, 1.165) is 5.25 Å². The van der Waals surface area contributed by atoms with Crippen LogP contribution in [0.5, 0.6) is 0 Å². The first-order valence-electron chi connectivity index (χ1n) is 5.20. The zero-order chi connectivity index (χ0) is 8.81. The molecular weight excluding hydrogens is 166 g/mol. The van der Waals surface area contributed by atoms with Gasteiger partial charge in [-0.1, -0.05) is 26.2 Å². The van der Waals surface area contributed by atoms with Gasteiger partial charge < -0.3 is 5.73 Å². The van der Waals surface area contributed by atoms with Crippen LogP contribution >= 0.6 is 11.8 Å².